The van der Waals surface area contributed by atoms with E-state index in [1.807, 2.05) is 25.3 Å². The molecule has 0 spiro atoms. The smallest absolute Gasteiger partial charge is 0.230 e. The second-order valence-electron chi connectivity index (χ2n) is 7.20. The molecule has 7 heteroatoms. The number of amides is 1. The zero-order valence-electron chi connectivity index (χ0n) is 15.7. The van der Waals surface area contributed by atoms with Gasteiger partial charge in [0.25, 0.3) is 0 Å². The van der Waals surface area contributed by atoms with E-state index in [4.69, 9.17) is 0 Å². The van der Waals surface area contributed by atoms with Gasteiger partial charge in [0.1, 0.15) is 0 Å². The second kappa shape index (κ2) is 7.76. The normalized spacial score (nSPS) is 15.2. The van der Waals surface area contributed by atoms with E-state index in [0.29, 0.717) is 11.8 Å². The molecule has 0 radical (unpaired) electrons. The SMILES string of the molecule is CCCC(C)NC(=O)CSc1nnc(-c2c[nH]c3ccccc23)n1C1CC1. The molecule has 1 atom stereocenters. The van der Waals surface area contributed by atoms with Crippen LogP contribution in [-0.4, -0.2) is 37.5 Å². The van der Waals surface area contributed by atoms with E-state index in [2.05, 4.69) is 44.1 Å². The van der Waals surface area contributed by atoms with Gasteiger partial charge in [-0.25, -0.2) is 0 Å². The van der Waals surface area contributed by atoms with Crippen molar-refractivity contribution >= 4 is 28.6 Å². The van der Waals surface area contributed by atoms with Crippen LogP contribution >= 0.6 is 11.8 Å². The van der Waals surface area contributed by atoms with Crippen LogP contribution in [0.15, 0.2) is 35.6 Å². The van der Waals surface area contributed by atoms with E-state index in [1.54, 1.807) is 0 Å². The number of aromatic amines is 1. The highest BCUT2D eigenvalue weighted by Crippen LogP contribution is 2.42. The van der Waals surface area contributed by atoms with Gasteiger partial charge < -0.3 is 10.3 Å². The van der Waals surface area contributed by atoms with Crippen LogP contribution in [0.5, 0.6) is 0 Å². The van der Waals surface area contributed by atoms with E-state index < -0.39 is 0 Å². The zero-order valence-corrected chi connectivity index (χ0v) is 16.6. The number of benzene rings is 1. The van der Waals surface area contributed by atoms with Crippen LogP contribution in [-0.2, 0) is 4.79 Å². The number of nitrogens with one attached hydrogen (secondary N) is 2. The summed E-state index contributed by atoms with van der Waals surface area (Å²) in [5.74, 6) is 1.31. The van der Waals surface area contributed by atoms with Gasteiger partial charge in [-0.2, -0.15) is 0 Å². The first kappa shape index (κ1) is 18.1. The Balaban J connectivity index is 1.54. The summed E-state index contributed by atoms with van der Waals surface area (Å²) in [5.41, 5.74) is 2.16. The molecule has 27 heavy (non-hydrogen) atoms. The summed E-state index contributed by atoms with van der Waals surface area (Å²) in [6.45, 7) is 4.18. The standard InChI is InChI=1S/C20H25N5OS/c1-3-6-13(2)22-18(26)12-27-20-24-23-19(25(20)14-9-10-14)16-11-21-17-8-5-4-7-15(16)17/h4-5,7-8,11,13-14,21H,3,6,9-10,12H2,1-2H3,(H,22,26). The Morgan fingerprint density at radius 1 is 1.37 bits per heavy atom. The molecule has 1 aromatic carbocycles. The second-order valence-corrected chi connectivity index (χ2v) is 8.14. The van der Waals surface area contributed by atoms with Crippen LogP contribution in [0, 0.1) is 0 Å². The molecular formula is C20H25N5OS. The number of hydrogen-bond acceptors (Lipinski definition) is 4. The van der Waals surface area contributed by atoms with Gasteiger partial charge >= 0.3 is 0 Å². The van der Waals surface area contributed by atoms with Crippen molar-refractivity contribution in [1.29, 1.82) is 0 Å². The molecule has 1 saturated carbocycles. The van der Waals surface area contributed by atoms with Crippen molar-refractivity contribution in [1.82, 2.24) is 25.1 Å². The maximum absolute atomic E-state index is 12.2. The number of aromatic nitrogens is 4. The zero-order chi connectivity index (χ0) is 18.8. The predicted molar refractivity (Wildman–Crippen MR) is 109 cm³/mol. The Kier molecular flexibility index (Phi) is 5.20. The summed E-state index contributed by atoms with van der Waals surface area (Å²) in [4.78, 5) is 15.5. The average molecular weight is 384 g/mol. The molecule has 1 aliphatic rings. The van der Waals surface area contributed by atoms with E-state index in [0.717, 1.165) is 53.1 Å². The third-order valence-electron chi connectivity index (χ3n) is 4.87. The fraction of sp³-hybridized carbons (Fsp3) is 0.450. The Morgan fingerprint density at radius 2 is 2.19 bits per heavy atom. The highest BCUT2D eigenvalue weighted by molar-refractivity contribution is 7.99. The van der Waals surface area contributed by atoms with Crippen molar-refractivity contribution in [3.05, 3.63) is 30.5 Å². The van der Waals surface area contributed by atoms with Gasteiger partial charge in [0, 0.05) is 34.7 Å². The monoisotopic (exact) mass is 383 g/mol. The van der Waals surface area contributed by atoms with Gasteiger partial charge in [-0.05, 0) is 32.3 Å². The number of hydrogen-bond donors (Lipinski definition) is 2. The van der Waals surface area contributed by atoms with Crippen LogP contribution < -0.4 is 5.32 Å². The molecular weight excluding hydrogens is 358 g/mol. The van der Waals surface area contributed by atoms with E-state index >= 15 is 0 Å². The number of fused-ring (bicyclic) bond motifs is 1. The lowest BCUT2D eigenvalue weighted by atomic mass is 10.1. The van der Waals surface area contributed by atoms with Gasteiger partial charge in [0.05, 0.1) is 5.75 Å². The number of nitrogens with zero attached hydrogens (tertiary/aromatic N) is 3. The van der Waals surface area contributed by atoms with Crippen molar-refractivity contribution in [3.63, 3.8) is 0 Å². The molecule has 1 fully saturated rings. The third-order valence-corrected chi connectivity index (χ3v) is 5.81. The molecule has 2 N–H and O–H groups in total. The van der Waals surface area contributed by atoms with Gasteiger partial charge in [-0.15, -0.1) is 10.2 Å². The van der Waals surface area contributed by atoms with Crippen molar-refractivity contribution in [2.45, 2.75) is 56.8 Å². The number of rotatable bonds is 8. The van der Waals surface area contributed by atoms with E-state index in [-0.39, 0.29) is 11.9 Å². The molecule has 0 bridgehead atoms. The van der Waals surface area contributed by atoms with Crippen molar-refractivity contribution in [2.75, 3.05) is 5.75 Å². The lowest BCUT2D eigenvalue weighted by molar-refractivity contribution is -0.119. The first-order chi connectivity index (χ1) is 13.2. The molecule has 2 aromatic heterocycles. The molecule has 6 nitrogen and oxygen atoms in total. The fourth-order valence-corrected chi connectivity index (χ4v) is 4.25. The number of para-hydroxylation sites is 1. The van der Waals surface area contributed by atoms with Crippen molar-refractivity contribution < 1.29 is 4.79 Å². The quantitative estimate of drug-likeness (QED) is 0.573. The third kappa shape index (κ3) is 3.88. The van der Waals surface area contributed by atoms with Crippen LogP contribution in [0.4, 0.5) is 0 Å². The van der Waals surface area contributed by atoms with E-state index in [9.17, 15) is 4.79 Å². The fourth-order valence-electron chi connectivity index (χ4n) is 3.43. The first-order valence-electron chi connectivity index (χ1n) is 9.61. The minimum absolute atomic E-state index is 0.0555. The van der Waals surface area contributed by atoms with E-state index in [1.165, 1.54) is 11.8 Å². The molecule has 2 heterocycles. The van der Waals surface area contributed by atoms with Crippen LogP contribution in [0.3, 0.4) is 0 Å². The van der Waals surface area contributed by atoms with Gasteiger partial charge in [-0.1, -0.05) is 43.3 Å². The predicted octanol–water partition coefficient (Wildman–Crippen LogP) is 4.16. The van der Waals surface area contributed by atoms with Crippen molar-refractivity contribution in [2.24, 2.45) is 0 Å². The summed E-state index contributed by atoms with van der Waals surface area (Å²) in [6, 6.07) is 8.87. The summed E-state index contributed by atoms with van der Waals surface area (Å²) >= 11 is 1.47. The minimum Gasteiger partial charge on any atom is -0.360 e. The molecule has 4 rings (SSSR count). The molecule has 0 saturated heterocycles. The summed E-state index contributed by atoms with van der Waals surface area (Å²) in [6.07, 6.45) is 6.35. The summed E-state index contributed by atoms with van der Waals surface area (Å²) < 4.78 is 2.21. The largest absolute Gasteiger partial charge is 0.360 e. The molecule has 3 aromatic rings. The molecule has 1 aliphatic carbocycles. The highest BCUT2D eigenvalue weighted by Gasteiger charge is 2.31. The maximum atomic E-state index is 12.2. The van der Waals surface area contributed by atoms with Crippen LogP contribution in [0.1, 0.15) is 45.6 Å². The molecule has 1 amide bonds. The molecule has 0 aliphatic heterocycles. The van der Waals surface area contributed by atoms with Gasteiger partial charge in [0.2, 0.25) is 5.91 Å². The number of thioether (sulfide) groups is 1. The lowest BCUT2D eigenvalue weighted by Crippen LogP contribution is -2.33. The van der Waals surface area contributed by atoms with Crippen LogP contribution in [0.25, 0.3) is 22.3 Å². The lowest BCUT2D eigenvalue weighted by Gasteiger charge is -2.12. The number of carbonyl (C=O) groups excluding carboxylic acids is 1. The maximum Gasteiger partial charge on any atom is 0.230 e. The van der Waals surface area contributed by atoms with Crippen LogP contribution in [0.2, 0.25) is 0 Å². The summed E-state index contributed by atoms with van der Waals surface area (Å²) in [5, 5.41) is 13.9. The Bertz CT molecular complexity index is 943. The number of carbonyl (C=O) groups is 1. The van der Waals surface area contributed by atoms with Gasteiger partial charge in [-0.3, -0.25) is 9.36 Å². The Labute approximate surface area is 163 Å². The molecule has 142 valence electrons. The summed E-state index contributed by atoms with van der Waals surface area (Å²) in [7, 11) is 0. The average Bonchev–Trinajstić information content (AvgIpc) is 3.26. The Hall–Kier alpha value is -2.28. The Morgan fingerprint density at radius 3 is 2.96 bits per heavy atom. The molecule has 1 unspecified atom stereocenters. The minimum atomic E-state index is 0.0555. The van der Waals surface area contributed by atoms with Crippen molar-refractivity contribution in [3.8, 4) is 11.4 Å². The topological polar surface area (TPSA) is 75.6 Å². The number of H-pyrrole nitrogens is 1. The highest BCUT2D eigenvalue weighted by atomic mass is 32.2. The first-order valence-corrected chi connectivity index (χ1v) is 10.6. The van der Waals surface area contributed by atoms with Gasteiger partial charge in [0.15, 0.2) is 11.0 Å².